The first-order chi connectivity index (χ1) is 30.7. The molecule has 15 atom stereocenters. The number of nitrogens with zero attached hydrogens (tertiary/aromatic N) is 1. The predicted molar refractivity (Wildman–Crippen MR) is 244 cm³/mol. The topological polar surface area (TPSA) is 175 Å². The number of cyclic esters (lactones) is 1. The van der Waals surface area contributed by atoms with Crippen LogP contribution in [0.4, 0.5) is 4.39 Å². The number of aliphatic hydroxyl groups excluding tert-OH is 2. The van der Waals surface area contributed by atoms with Crippen LogP contribution in [0.25, 0.3) is 0 Å². The zero-order valence-electron chi connectivity index (χ0n) is 40.5. The first-order valence-electron chi connectivity index (χ1n) is 23.9. The fourth-order valence-corrected chi connectivity index (χ4v) is 10.1. The summed E-state index contributed by atoms with van der Waals surface area (Å²) in [6, 6.07) is -1.20. The summed E-state index contributed by atoms with van der Waals surface area (Å²) in [4.78, 5) is 71.4. The number of allylic oxidation sites excluding steroid dienone is 6. The third kappa shape index (κ3) is 14.3. The minimum absolute atomic E-state index is 0.00748. The SMILES string of the molecule is CO[C@H]1C[C@@H]2CC[C@@H](C)[C@@](F)(O2)C(=O)C(=O)N2CCCC[C@H]2C(=O)O[C@H]([C@H](C)C[C@H]2CC[C@@H](O)[C@H](OC)C2)CC(=O)[C@H](C)/C=C(\C)[C@@H](O)[C@@H](OC)C(=O)[C@H](C)C[C@H](C)\C=C/C=C/C=C/1C. The first-order valence-corrected chi connectivity index (χ1v) is 23.9. The second-order valence-electron chi connectivity index (χ2n) is 19.5. The average Bonchev–Trinajstić information content (AvgIpc) is 3.28. The number of rotatable bonds is 6. The number of carbonyl (C=O) groups excluding carboxylic acids is 5. The molecule has 1 aliphatic carbocycles. The highest BCUT2D eigenvalue weighted by Crippen LogP contribution is 2.40. The van der Waals surface area contributed by atoms with Gasteiger partial charge < -0.3 is 38.8 Å². The van der Waals surface area contributed by atoms with Gasteiger partial charge in [0.2, 0.25) is 0 Å². The summed E-state index contributed by atoms with van der Waals surface area (Å²) in [5, 5.41) is 21.9. The van der Waals surface area contributed by atoms with Crippen LogP contribution in [0.15, 0.2) is 47.6 Å². The molecule has 3 heterocycles. The molecule has 3 aliphatic heterocycles. The first kappa shape index (κ1) is 54.2. The van der Waals surface area contributed by atoms with E-state index in [9.17, 15) is 34.2 Å². The van der Waals surface area contributed by atoms with E-state index in [2.05, 4.69) is 0 Å². The van der Waals surface area contributed by atoms with E-state index < -0.39 is 83.9 Å². The molecule has 0 spiro atoms. The molecule has 3 fully saturated rings. The van der Waals surface area contributed by atoms with Crippen LogP contribution in [-0.2, 0) is 47.7 Å². The Kier molecular flexibility index (Phi) is 20.9. The maximum Gasteiger partial charge on any atom is 0.329 e. The number of amides is 1. The molecule has 0 aromatic heterocycles. The summed E-state index contributed by atoms with van der Waals surface area (Å²) < 4.78 is 46.1. The molecule has 0 radical (unpaired) electrons. The smallest absolute Gasteiger partial charge is 0.329 e. The fraction of sp³-hybridized carbons (Fsp3) is 0.745. The van der Waals surface area contributed by atoms with E-state index in [0.29, 0.717) is 56.9 Å². The second kappa shape index (κ2) is 25.1. The number of ether oxygens (including phenoxy) is 5. The molecular weight excluding hydrogens is 838 g/mol. The van der Waals surface area contributed by atoms with Crippen molar-refractivity contribution in [1.29, 1.82) is 0 Å². The summed E-state index contributed by atoms with van der Waals surface area (Å²) >= 11 is 0. The van der Waals surface area contributed by atoms with Crippen molar-refractivity contribution in [1.82, 2.24) is 4.90 Å². The van der Waals surface area contributed by atoms with Gasteiger partial charge in [-0.2, -0.15) is 0 Å². The van der Waals surface area contributed by atoms with E-state index in [1.54, 1.807) is 48.0 Å². The van der Waals surface area contributed by atoms with Crippen LogP contribution in [-0.4, -0.2) is 127 Å². The van der Waals surface area contributed by atoms with E-state index in [1.807, 2.05) is 51.2 Å². The summed E-state index contributed by atoms with van der Waals surface area (Å²) in [6.07, 6.45) is 10.3. The van der Waals surface area contributed by atoms with Gasteiger partial charge in [0.25, 0.3) is 17.5 Å². The lowest BCUT2D eigenvalue weighted by atomic mass is 9.78. The van der Waals surface area contributed by atoms with Crippen LogP contribution < -0.4 is 0 Å². The van der Waals surface area contributed by atoms with E-state index >= 15 is 4.39 Å². The third-order valence-corrected chi connectivity index (χ3v) is 14.4. The largest absolute Gasteiger partial charge is 0.460 e. The molecule has 2 saturated heterocycles. The van der Waals surface area contributed by atoms with Gasteiger partial charge in [-0.15, -0.1) is 0 Å². The highest BCUT2D eigenvalue weighted by Gasteiger charge is 2.55. The minimum atomic E-state index is -2.93. The van der Waals surface area contributed by atoms with Gasteiger partial charge in [-0.3, -0.25) is 19.2 Å². The third-order valence-electron chi connectivity index (χ3n) is 14.4. The maximum atomic E-state index is 17.1. The van der Waals surface area contributed by atoms with Crippen molar-refractivity contribution in [2.24, 2.45) is 35.5 Å². The Morgan fingerprint density at radius 2 is 1.58 bits per heavy atom. The summed E-state index contributed by atoms with van der Waals surface area (Å²) in [5.41, 5.74) is 1.22. The second-order valence-corrected chi connectivity index (χ2v) is 19.5. The summed E-state index contributed by atoms with van der Waals surface area (Å²) in [6.45, 7) is 12.5. The van der Waals surface area contributed by atoms with Crippen molar-refractivity contribution < 1.29 is 62.3 Å². The summed E-state index contributed by atoms with van der Waals surface area (Å²) in [5.74, 6) is -9.16. The molecule has 2 bridgehead atoms. The van der Waals surface area contributed by atoms with E-state index in [-0.39, 0.29) is 67.7 Å². The van der Waals surface area contributed by atoms with Crippen LogP contribution in [0.2, 0.25) is 0 Å². The van der Waals surface area contributed by atoms with Crippen molar-refractivity contribution in [3.8, 4) is 0 Å². The zero-order chi connectivity index (χ0) is 48.2. The highest BCUT2D eigenvalue weighted by molar-refractivity contribution is 6.39. The van der Waals surface area contributed by atoms with Gasteiger partial charge in [0, 0.05) is 58.5 Å². The number of alkyl halides is 1. The normalized spacial score (nSPS) is 40.4. The lowest BCUT2D eigenvalue weighted by molar-refractivity contribution is -0.231. The lowest BCUT2D eigenvalue weighted by Crippen LogP contribution is -2.59. The quantitative estimate of drug-likeness (QED) is 0.157. The molecule has 14 heteroatoms. The number of hydrogen-bond donors (Lipinski definition) is 2. The molecule has 13 nitrogen and oxygen atoms in total. The van der Waals surface area contributed by atoms with Gasteiger partial charge >= 0.3 is 5.97 Å². The molecule has 4 aliphatic rings. The Morgan fingerprint density at radius 1 is 0.862 bits per heavy atom. The Balaban J connectivity index is 1.70. The number of halogens is 1. The predicted octanol–water partition coefficient (Wildman–Crippen LogP) is 7.16. The number of fused-ring (bicyclic) bond motifs is 3. The molecule has 0 aromatic carbocycles. The number of piperidine rings is 1. The molecule has 366 valence electrons. The average molecular weight is 916 g/mol. The van der Waals surface area contributed by atoms with Gasteiger partial charge in [0.15, 0.2) is 5.78 Å². The summed E-state index contributed by atoms with van der Waals surface area (Å²) in [7, 11) is 4.47. The Bertz CT molecular complexity index is 1760. The molecule has 0 unspecified atom stereocenters. The molecule has 0 aromatic rings. The number of aliphatic hydroxyl groups is 2. The van der Waals surface area contributed by atoms with E-state index in [0.717, 1.165) is 10.5 Å². The molecule has 1 saturated carbocycles. The molecule has 2 N–H and O–H groups in total. The number of methoxy groups -OCH3 is 3. The van der Waals surface area contributed by atoms with Gasteiger partial charge in [0.05, 0.1) is 24.4 Å². The van der Waals surface area contributed by atoms with Crippen LogP contribution >= 0.6 is 0 Å². The number of hydrogen-bond acceptors (Lipinski definition) is 12. The van der Waals surface area contributed by atoms with Gasteiger partial charge in [-0.25, -0.2) is 9.18 Å². The number of ketones is 3. The van der Waals surface area contributed by atoms with Gasteiger partial charge in [-0.05, 0) is 107 Å². The van der Waals surface area contributed by atoms with Crippen LogP contribution in [0.1, 0.15) is 126 Å². The van der Waals surface area contributed by atoms with E-state index in [4.69, 9.17) is 23.7 Å². The van der Waals surface area contributed by atoms with Crippen molar-refractivity contribution in [3.05, 3.63) is 47.6 Å². The number of esters is 1. The number of Topliss-reactive ketones (excluding diaryl/α,β-unsaturated/α-hetero) is 3. The number of carbonyl (C=O) groups is 5. The van der Waals surface area contributed by atoms with Crippen LogP contribution in [0, 0.1) is 35.5 Å². The minimum Gasteiger partial charge on any atom is -0.460 e. The Labute approximate surface area is 386 Å². The zero-order valence-corrected chi connectivity index (χ0v) is 40.5. The molecular formula is C51H78FNO12. The Morgan fingerprint density at radius 3 is 2.26 bits per heavy atom. The highest BCUT2D eigenvalue weighted by atomic mass is 19.2. The van der Waals surface area contributed by atoms with Gasteiger partial charge in [-0.1, -0.05) is 71.1 Å². The van der Waals surface area contributed by atoms with Crippen LogP contribution in [0.3, 0.4) is 0 Å². The lowest BCUT2D eigenvalue weighted by Gasteiger charge is -2.41. The van der Waals surface area contributed by atoms with Crippen molar-refractivity contribution in [2.75, 3.05) is 27.9 Å². The molecule has 1 amide bonds. The standard InChI is InChI=1S/C51H78FNO12/c1-30-16-12-11-13-17-31(2)42(61-8)28-38-21-19-36(7)51(52,65-38)48(58)49(59)53-23-15-14-18-39(53)50(60)64-43(33(4)26-37-20-22-40(54)44(27-37)62-9)29-41(55)32(3)25-35(6)46(57)47(63-10)45(56)34(5)24-30/h11-13,16-17,25,30,32-34,36-40,42-44,46-47,54,57H,14-15,18-24,26-29H2,1-10H3/b13-11+,16-12-,31-17+,35-25+/t30-,32-,33-,34-,36-,37-,38+,39+,40-,42+,43+,44-,46-,47+,51-/m1/s1. The van der Waals surface area contributed by atoms with Crippen molar-refractivity contribution in [2.45, 2.75) is 180 Å². The molecule has 4 rings (SSSR count). The molecule has 65 heavy (non-hydrogen) atoms. The van der Waals surface area contributed by atoms with Crippen LogP contribution in [0.5, 0.6) is 0 Å². The monoisotopic (exact) mass is 916 g/mol. The fourth-order valence-electron chi connectivity index (χ4n) is 10.1. The van der Waals surface area contributed by atoms with Gasteiger partial charge in [0.1, 0.15) is 30.1 Å². The maximum absolute atomic E-state index is 17.1. The Hall–Kier alpha value is -3.40. The van der Waals surface area contributed by atoms with E-state index in [1.165, 1.54) is 7.11 Å². The van der Waals surface area contributed by atoms with Crippen molar-refractivity contribution in [3.63, 3.8) is 0 Å². The van der Waals surface area contributed by atoms with Crippen molar-refractivity contribution >= 4 is 29.2 Å².